The highest BCUT2D eigenvalue weighted by Crippen LogP contribution is 2.27. The third-order valence-corrected chi connectivity index (χ3v) is 4.84. The second-order valence-electron chi connectivity index (χ2n) is 6.92. The quantitative estimate of drug-likeness (QED) is 0.508. The fourth-order valence-corrected chi connectivity index (χ4v) is 3.15. The number of aromatic nitrogens is 1. The van der Waals surface area contributed by atoms with Gasteiger partial charge in [0.05, 0.1) is 12.7 Å². The van der Waals surface area contributed by atoms with Gasteiger partial charge in [0, 0.05) is 28.4 Å². The topological polar surface area (TPSA) is 55.1 Å². The van der Waals surface area contributed by atoms with Gasteiger partial charge in [-0.3, -0.25) is 4.79 Å². The van der Waals surface area contributed by atoms with Crippen LogP contribution in [0, 0.1) is 25.7 Å². The van der Waals surface area contributed by atoms with E-state index in [0.29, 0.717) is 11.4 Å². The Morgan fingerprint density at radius 3 is 2.79 bits per heavy atom. The molecule has 4 heteroatoms. The van der Waals surface area contributed by atoms with Crippen molar-refractivity contribution in [2.75, 3.05) is 5.32 Å². The number of furan rings is 1. The number of rotatable bonds is 3. The molecule has 4 rings (SSSR count). The van der Waals surface area contributed by atoms with Crippen LogP contribution in [0.15, 0.2) is 71.5 Å². The lowest BCUT2D eigenvalue weighted by atomic mass is 10.0. The minimum absolute atomic E-state index is 0.0965. The number of nitrogens with one attached hydrogen (secondary N) is 1. The number of hydrogen-bond acceptors (Lipinski definition) is 3. The van der Waals surface area contributed by atoms with E-state index in [9.17, 15) is 4.79 Å². The Labute approximate surface area is 169 Å². The predicted molar refractivity (Wildman–Crippen MR) is 115 cm³/mol. The molecule has 2 aromatic heterocycles. The third-order valence-electron chi connectivity index (χ3n) is 4.84. The van der Waals surface area contributed by atoms with Gasteiger partial charge < -0.3 is 9.73 Å². The maximum Gasteiger partial charge on any atom is 0.228 e. The monoisotopic (exact) mass is 380 g/mol. The Balaban J connectivity index is 1.48. The van der Waals surface area contributed by atoms with Crippen LogP contribution in [0.5, 0.6) is 0 Å². The molecule has 4 nitrogen and oxygen atoms in total. The molecule has 0 radical (unpaired) electrons. The van der Waals surface area contributed by atoms with Crippen molar-refractivity contribution in [2.24, 2.45) is 0 Å². The van der Waals surface area contributed by atoms with Crippen molar-refractivity contribution >= 4 is 22.6 Å². The molecule has 2 aromatic carbocycles. The average molecular weight is 380 g/mol. The van der Waals surface area contributed by atoms with Crippen molar-refractivity contribution in [2.45, 2.75) is 20.3 Å². The van der Waals surface area contributed by atoms with Gasteiger partial charge >= 0.3 is 0 Å². The van der Waals surface area contributed by atoms with Crippen LogP contribution in [-0.4, -0.2) is 10.9 Å². The van der Waals surface area contributed by atoms with E-state index in [0.717, 1.165) is 27.7 Å². The molecule has 29 heavy (non-hydrogen) atoms. The third kappa shape index (κ3) is 4.20. The van der Waals surface area contributed by atoms with Gasteiger partial charge in [-0.15, -0.1) is 0 Å². The molecule has 0 fully saturated rings. The molecule has 1 amide bonds. The fraction of sp³-hybridized carbons (Fsp3) is 0.120. The van der Waals surface area contributed by atoms with Crippen molar-refractivity contribution in [3.63, 3.8) is 0 Å². The Morgan fingerprint density at radius 2 is 1.97 bits per heavy atom. The zero-order valence-corrected chi connectivity index (χ0v) is 16.3. The maximum absolute atomic E-state index is 12.6. The molecule has 0 atom stereocenters. The van der Waals surface area contributed by atoms with Gasteiger partial charge in [-0.1, -0.05) is 30.2 Å². The Hall–Kier alpha value is -3.84. The van der Waals surface area contributed by atoms with Gasteiger partial charge in [0.2, 0.25) is 5.91 Å². The van der Waals surface area contributed by atoms with E-state index in [1.54, 1.807) is 12.5 Å². The van der Waals surface area contributed by atoms with Crippen molar-refractivity contribution in [3.8, 4) is 11.8 Å². The minimum Gasteiger partial charge on any atom is -0.464 e. The first-order chi connectivity index (χ1) is 14.1. The highest BCUT2D eigenvalue weighted by molar-refractivity contribution is 5.96. The summed E-state index contributed by atoms with van der Waals surface area (Å²) in [4.78, 5) is 16.8. The standard InChI is InChI=1S/C25H20N2O2/c1-17-9-12-23-20(16-29-25(23)18(17)2)15-24(28)27-22-8-5-6-19(14-22)10-11-21-7-3-4-13-26-21/h3-9,12-14,16H,15H2,1-2H3,(H,27,28). The molecule has 0 unspecified atom stereocenters. The highest BCUT2D eigenvalue weighted by Gasteiger charge is 2.13. The van der Waals surface area contributed by atoms with Crippen molar-refractivity contribution in [3.05, 3.63) is 95.0 Å². The molecule has 2 heterocycles. The van der Waals surface area contributed by atoms with Gasteiger partial charge in [0.15, 0.2) is 0 Å². The highest BCUT2D eigenvalue weighted by atomic mass is 16.3. The zero-order chi connectivity index (χ0) is 20.2. The van der Waals surface area contributed by atoms with Gasteiger partial charge in [-0.25, -0.2) is 4.98 Å². The molecule has 1 N–H and O–H groups in total. The lowest BCUT2D eigenvalue weighted by Crippen LogP contribution is -2.14. The molecule has 142 valence electrons. The summed E-state index contributed by atoms with van der Waals surface area (Å²) >= 11 is 0. The Morgan fingerprint density at radius 1 is 1.07 bits per heavy atom. The molecule has 0 aliphatic heterocycles. The zero-order valence-electron chi connectivity index (χ0n) is 16.3. The summed E-state index contributed by atoms with van der Waals surface area (Å²) in [6, 6.07) is 17.2. The molecule has 0 spiro atoms. The number of hydrogen-bond donors (Lipinski definition) is 1. The van der Waals surface area contributed by atoms with Crippen LogP contribution in [0.2, 0.25) is 0 Å². The van der Waals surface area contributed by atoms with Gasteiger partial charge in [0.25, 0.3) is 0 Å². The summed E-state index contributed by atoms with van der Waals surface area (Å²) in [6.07, 6.45) is 3.63. The van der Waals surface area contributed by atoms with E-state index >= 15 is 0 Å². The number of amides is 1. The molecule has 0 aliphatic rings. The molecular weight excluding hydrogens is 360 g/mol. The first kappa shape index (κ1) is 18.5. The van der Waals surface area contributed by atoms with Gasteiger partial charge in [0.1, 0.15) is 11.3 Å². The summed E-state index contributed by atoms with van der Waals surface area (Å²) in [7, 11) is 0. The van der Waals surface area contributed by atoms with Gasteiger partial charge in [-0.2, -0.15) is 0 Å². The molecule has 0 saturated heterocycles. The summed E-state index contributed by atoms with van der Waals surface area (Å²) in [6.45, 7) is 4.08. The van der Waals surface area contributed by atoms with Crippen molar-refractivity contribution < 1.29 is 9.21 Å². The van der Waals surface area contributed by atoms with Crippen LogP contribution >= 0.6 is 0 Å². The summed E-state index contributed by atoms with van der Waals surface area (Å²) < 4.78 is 5.70. The molecule has 0 bridgehead atoms. The lowest BCUT2D eigenvalue weighted by molar-refractivity contribution is -0.115. The Bertz CT molecular complexity index is 1240. The normalized spacial score (nSPS) is 10.4. The van der Waals surface area contributed by atoms with E-state index in [-0.39, 0.29) is 12.3 Å². The molecular formula is C25H20N2O2. The number of nitrogens with zero attached hydrogens (tertiary/aromatic N) is 1. The number of pyridine rings is 1. The average Bonchev–Trinajstić information content (AvgIpc) is 3.13. The summed E-state index contributed by atoms with van der Waals surface area (Å²) in [5, 5.41) is 3.93. The number of benzene rings is 2. The van der Waals surface area contributed by atoms with Crippen LogP contribution in [0.4, 0.5) is 5.69 Å². The van der Waals surface area contributed by atoms with Gasteiger partial charge in [-0.05, 0) is 61.2 Å². The number of carbonyl (C=O) groups is 1. The number of fused-ring (bicyclic) bond motifs is 1. The van der Waals surface area contributed by atoms with E-state index in [2.05, 4.69) is 28.2 Å². The summed E-state index contributed by atoms with van der Waals surface area (Å²) in [5.41, 5.74) is 6.24. The predicted octanol–water partition coefficient (Wildman–Crippen LogP) is 5.03. The van der Waals surface area contributed by atoms with Crippen LogP contribution < -0.4 is 5.32 Å². The first-order valence-corrected chi connectivity index (χ1v) is 9.39. The molecule has 4 aromatic rings. The number of anilines is 1. The van der Waals surface area contributed by atoms with E-state index < -0.39 is 0 Å². The molecule has 0 saturated carbocycles. The number of carbonyl (C=O) groups excluding carboxylic acids is 1. The Kier molecular flexibility index (Phi) is 5.13. The number of aryl methyl sites for hydroxylation is 2. The second kappa shape index (κ2) is 8.04. The maximum atomic E-state index is 12.6. The largest absolute Gasteiger partial charge is 0.464 e. The summed E-state index contributed by atoms with van der Waals surface area (Å²) in [5.74, 6) is 6.00. The minimum atomic E-state index is -0.0965. The lowest BCUT2D eigenvalue weighted by Gasteiger charge is -2.05. The van der Waals surface area contributed by atoms with Crippen LogP contribution in [0.1, 0.15) is 27.9 Å². The van der Waals surface area contributed by atoms with Crippen LogP contribution in [0.3, 0.4) is 0 Å². The first-order valence-electron chi connectivity index (χ1n) is 9.39. The van der Waals surface area contributed by atoms with E-state index in [1.165, 1.54) is 5.56 Å². The SMILES string of the molecule is Cc1ccc2c(CC(=O)Nc3cccc(C#Cc4ccccn4)c3)coc2c1C. The van der Waals surface area contributed by atoms with E-state index in [4.69, 9.17) is 4.42 Å². The smallest absolute Gasteiger partial charge is 0.228 e. The van der Waals surface area contributed by atoms with E-state index in [1.807, 2.05) is 62.4 Å². The van der Waals surface area contributed by atoms with Crippen LogP contribution in [-0.2, 0) is 11.2 Å². The van der Waals surface area contributed by atoms with Crippen molar-refractivity contribution in [1.82, 2.24) is 4.98 Å². The fourth-order valence-electron chi connectivity index (χ4n) is 3.15. The van der Waals surface area contributed by atoms with Crippen LogP contribution in [0.25, 0.3) is 11.0 Å². The van der Waals surface area contributed by atoms with Crippen molar-refractivity contribution in [1.29, 1.82) is 0 Å². The molecule has 0 aliphatic carbocycles. The second-order valence-corrected chi connectivity index (χ2v) is 6.92.